The fourth-order valence-electron chi connectivity index (χ4n) is 3.63. The highest BCUT2D eigenvalue weighted by Gasteiger charge is 2.59. The summed E-state index contributed by atoms with van der Waals surface area (Å²) < 4.78 is 22.4. The molecule has 4 heteroatoms. The second-order valence-electron chi connectivity index (χ2n) is 5.46. The molecule has 2 aliphatic carbocycles. The molecule has 0 aromatic carbocycles. The van der Waals surface area contributed by atoms with Crippen LogP contribution in [0, 0.1) is 16.7 Å². The molecule has 0 amide bonds. The van der Waals surface area contributed by atoms with Gasteiger partial charge in [0.05, 0.1) is 5.75 Å². The molecular formula is C10H17ClO2S. The lowest BCUT2D eigenvalue weighted by molar-refractivity contribution is 0.156. The van der Waals surface area contributed by atoms with Gasteiger partial charge in [0.15, 0.2) is 0 Å². The highest BCUT2D eigenvalue weighted by molar-refractivity contribution is 8.13. The van der Waals surface area contributed by atoms with E-state index in [9.17, 15) is 8.42 Å². The minimum atomic E-state index is -3.35. The number of fused-ring (bicyclic) bond motifs is 2. The third kappa shape index (κ3) is 1.40. The van der Waals surface area contributed by atoms with Crippen LogP contribution in [0.4, 0.5) is 0 Å². The summed E-state index contributed by atoms with van der Waals surface area (Å²) in [6.45, 7) is 4.42. The van der Waals surface area contributed by atoms with Gasteiger partial charge in [-0.05, 0) is 42.4 Å². The van der Waals surface area contributed by atoms with Crippen LogP contribution in [-0.4, -0.2) is 14.2 Å². The van der Waals surface area contributed by atoms with Crippen molar-refractivity contribution >= 4 is 19.7 Å². The molecule has 0 aromatic rings. The fraction of sp³-hybridized carbons (Fsp3) is 1.00. The molecule has 0 aromatic heterocycles. The Morgan fingerprint density at radius 1 is 1.29 bits per heavy atom. The summed E-state index contributed by atoms with van der Waals surface area (Å²) in [5.74, 6) is 0.881. The Kier molecular flexibility index (Phi) is 2.21. The van der Waals surface area contributed by atoms with Gasteiger partial charge in [0, 0.05) is 10.7 Å². The molecule has 0 aliphatic heterocycles. The Hall–Kier alpha value is 0.240. The van der Waals surface area contributed by atoms with Crippen molar-refractivity contribution in [1.29, 1.82) is 0 Å². The van der Waals surface area contributed by atoms with Crippen LogP contribution in [0.1, 0.15) is 39.5 Å². The second kappa shape index (κ2) is 2.88. The predicted molar refractivity (Wildman–Crippen MR) is 57.8 cm³/mol. The van der Waals surface area contributed by atoms with Crippen LogP contribution in [0.15, 0.2) is 0 Å². The Labute approximate surface area is 90.4 Å². The van der Waals surface area contributed by atoms with E-state index < -0.39 is 9.05 Å². The predicted octanol–water partition coefficient (Wildman–Crippen LogP) is 2.77. The smallest absolute Gasteiger partial charge is 0.212 e. The zero-order chi connectivity index (χ0) is 10.6. The first-order valence-corrected chi connectivity index (χ1v) is 7.67. The zero-order valence-corrected chi connectivity index (χ0v) is 10.3. The van der Waals surface area contributed by atoms with E-state index in [1.54, 1.807) is 0 Å². The maximum Gasteiger partial charge on any atom is 0.233 e. The average Bonchev–Trinajstić information content (AvgIpc) is 2.34. The van der Waals surface area contributed by atoms with Crippen molar-refractivity contribution < 1.29 is 8.42 Å². The van der Waals surface area contributed by atoms with Gasteiger partial charge in [-0.3, -0.25) is 0 Å². The fourth-order valence-corrected chi connectivity index (χ4v) is 5.58. The lowest BCUT2D eigenvalue weighted by atomic mass is 9.71. The quantitative estimate of drug-likeness (QED) is 0.691. The van der Waals surface area contributed by atoms with Crippen molar-refractivity contribution in [3.8, 4) is 0 Å². The topological polar surface area (TPSA) is 34.1 Å². The molecular weight excluding hydrogens is 220 g/mol. The van der Waals surface area contributed by atoms with Gasteiger partial charge in [0.1, 0.15) is 0 Å². The summed E-state index contributed by atoms with van der Waals surface area (Å²) in [4.78, 5) is 0. The number of hydrogen-bond donors (Lipinski definition) is 0. The van der Waals surface area contributed by atoms with E-state index in [0.29, 0.717) is 5.92 Å². The van der Waals surface area contributed by atoms with Gasteiger partial charge in [-0.1, -0.05) is 13.8 Å². The molecule has 0 unspecified atom stereocenters. The van der Waals surface area contributed by atoms with E-state index >= 15 is 0 Å². The molecule has 14 heavy (non-hydrogen) atoms. The van der Waals surface area contributed by atoms with Gasteiger partial charge in [0.25, 0.3) is 0 Å². The molecule has 2 rings (SSSR count). The normalized spacial score (nSPS) is 40.4. The van der Waals surface area contributed by atoms with E-state index in [1.165, 1.54) is 12.8 Å². The summed E-state index contributed by atoms with van der Waals surface area (Å²) in [5, 5.41) is 0. The van der Waals surface area contributed by atoms with Crippen molar-refractivity contribution in [2.75, 3.05) is 5.75 Å². The van der Waals surface area contributed by atoms with Crippen molar-refractivity contribution in [1.82, 2.24) is 0 Å². The molecule has 0 saturated heterocycles. The number of halogens is 1. The summed E-state index contributed by atoms with van der Waals surface area (Å²) in [7, 11) is 2.05. The molecule has 0 radical (unpaired) electrons. The first-order valence-electron chi connectivity index (χ1n) is 5.19. The SMILES string of the molecule is CC1(C)C2CCC1(CS(=O)(=O)Cl)CC2. The van der Waals surface area contributed by atoms with Gasteiger partial charge in [-0.25, -0.2) is 8.42 Å². The number of rotatable bonds is 2. The lowest BCUT2D eigenvalue weighted by Crippen LogP contribution is -2.35. The first-order chi connectivity index (χ1) is 6.27. The lowest BCUT2D eigenvalue weighted by Gasteiger charge is -2.37. The minimum absolute atomic E-state index is 0.0295. The Bertz CT molecular complexity index is 337. The van der Waals surface area contributed by atoms with E-state index in [-0.39, 0.29) is 16.6 Å². The van der Waals surface area contributed by atoms with Crippen LogP contribution in [0.5, 0.6) is 0 Å². The molecule has 2 saturated carbocycles. The van der Waals surface area contributed by atoms with Gasteiger partial charge >= 0.3 is 0 Å². The Morgan fingerprint density at radius 3 is 2.07 bits per heavy atom. The third-order valence-electron chi connectivity index (χ3n) is 4.78. The van der Waals surface area contributed by atoms with E-state index in [1.807, 2.05) is 0 Å². The molecule has 2 aliphatic rings. The summed E-state index contributed by atoms with van der Waals surface area (Å²) in [5.41, 5.74) is 0.132. The standard InChI is InChI=1S/C10H17ClO2S/c1-9(2)8-3-5-10(9,6-4-8)7-14(11,12)13/h8H,3-7H2,1-2H3. The van der Waals surface area contributed by atoms with Crippen LogP contribution in [0.25, 0.3) is 0 Å². The third-order valence-corrected chi connectivity index (χ3v) is 6.00. The number of hydrogen-bond acceptors (Lipinski definition) is 2. The minimum Gasteiger partial charge on any atom is -0.212 e. The highest BCUT2D eigenvalue weighted by Crippen LogP contribution is 2.66. The summed E-state index contributed by atoms with van der Waals surface area (Å²) in [6.07, 6.45) is 4.44. The van der Waals surface area contributed by atoms with Crippen molar-refractivity contribution in [3.63, 3.8) is 0 Å². The average molecular weight is 237 g/mol. The van der Waals surface area contributed by atoms with Gasteiger partial charge < -0.3 is 0 Å². The van der Waals surface area contributed by atoms with Crippen LogP contribution in [0.2, 0.25) is 0 Å². The van der Waals surface area contributed by atoms with Crippen molar-refractivity contribution in [2.45, 2.75) is 39.5 Å². The molecule has 2 fully saturated rings. The van der Waals surface area contributed by atoms with Crippen molar-refractivity contribution in [3.05, 3.63) is 0 Å². The van der Waals surface area contributed by atoms with Gasteiger partial charge in [-0.2, -0.15) is 0 Å². The van der Waals surface area contributed by atoms with E-state index in [4.69, 9.17) is 10.7 Å². The Morgan fingerprint density at radius 2 is 1.79 bits per heavy atom. The van der Waals surface area contributed by atoms with Crippen LogP contribution >= 0.6 is 10.7 Å². The Balaban J connectivity index is 2.32. The van der Waals surface area contributed by atoms with Gasteiger partial charge in [0.2, 0.25) is 9.05 Å². The molecule has 0 N–H and O–H groups in total. The van der Waals surface area contributed by atoms with Crippen LogP contribution in [-0.2, 0) is 9.05 Å². The largest absolute Gasteiger partial charge is 0.233 e. The van der Waals surface area contributed by atoms with Crippen LogP contribution in [0.3, 0.4) is 0 Å². The maximum absolute atomic E-state index is 11.2. The van der Waals surface area contributed by atoms with Crippen molar-refractivity contribution in [2.24, 2.45) is 16.7 Å². The molecule has 0 spiro atoms. The zero-order valence-electron chi connectivity index (χ0n) is 8.72. The molecule has 2 bridgehead atoms. The molecule has 0 heterocycles. The molecule has 82 valence electrons. The van der Waals surface area contributed by atoms with E-state index in [2.05, 4.69) is 13.8 Å². The maximum atomic E-state index is 11.2. The highest BCUT2D eigenvalue weighted by atomic mass is 35.7. The van der Waals surface area contributed by atoms with Gasteiger partial charge in [-0.15, -0.1) is 0 Å². The first kappa shape index (κ1) is 10.7. The second-order valence-corrected chi connectivity index (χ2v) is 8.24. The summed E-state index contributed by atoms with van der Waals surface area (Å²) in [6, 6.07) is 0. The summed E-state index contributed by atoms with van der Waals surface area (Å²) >= 11 is 0. The van der Waals surface area contributed by atoms with E-state index in [0.717, 1.165) is 12.8 Å². The monoisotopic (exact) mass is 236 g/mol. The molecule has 0 atom stereocenters. The molecule has 2 nitrogen and oxygen atoms in total. The van der Waals surface area contributed by atoms with Crippen LogP contribution < -0.4 is 0 Å².